The maximum atomic E-state index is 12.7. The van der Waals surface area contributed by atoms with E-state index in [-0.39, 0.29) is 23.3 Å². The second kappa shape index (κ2) is 7.10. The van der Waals surface area contributed by atoms with Crippen molar-refractivity contribution in [3.8, 4) is 11.3 Å². The minimum atomic E-state index is -3.07. The molecule has 1 aliphatic heterocycles. The molecule has 1 aliphatic rings. The molecule has 146 valence electrons. The summed E-state index contributed by atoms with van der Waals surface area (Å²) in [5, 5.41) is 7.66. The molecule has 1 N–H and O–H groups in total. The highest BCUT2D eigenvalue weighted by atomic mass is 35.5. The fraction of sp³-hybridized carbons (Fsp3) is 0.263. The Kier molecular flexibility index (Phi) is 4.76. The molecule has 1 amide bonds. The number of rotatable bonds is 4. The molecule has 3 heterocycles. The van der Waals surface area contributed by atoms with Crippen LogP contribution in [0.5, 0.6) is 0 Å². The predicted octanol–water partition coefficient (Wildman–Crippen LogP) is 3.72. The third-order valence-electron chi connectivity index (χ3n) is 4.62. The Morgan fingerprint density at radius 3 is 2.79 bits per heavy atom. The Morgan fingerprint density at radius 2 is 2.07 bits per heavy atom. The van der Waals surface area contributed by atoms with Crippen LogP contribution in [0.1, 0.15) is 28.7 Å². The number of benzene rings is 1. The average molecular weight is 420 g/mol. The van der Waals surface area contributed by atoms with Gasteiger partial charge in [-0.2, -0.15) is 5.10 Å². The number of nitrogens with one attached hydrogen (secondary N) is 1. The van der Waals surface area contributed by atoms with Crippen molar-refractivity contribution in [2.45, 2.75) is 19.4 Å². The molecule has 1 atom stereocenters. The van der Waals surface area contributed by atoms with Gasteiger partial charge in [0.2, 0.25) is 0 Å². The van der Waals surface area contributed by atoms with E-state index in [1.165, 1.54) is 0 Å². The summed E-state index contributed by atoms with van der Waals surface area (Å²) >= 11 is 6.18. The molecule has 0 aliphatic carbocycles. The van der Waals surface area contributed by atoms with Gasteiger partial charge in [-0.25, -0.2) is 13.1 Å². The Balaban J connectivity index is 1.56. The van der Waals surface area contributed by atoms with Crippen molar-refractivity contribution in [1.82, 2.24) is 9.78 Å². The molecule has 0 unspecified atom stereocenters. The van der Waals surface area contributed by atoms with Gasteiger partial charge in [0.05, 0.1) is 28.3 Å². The van der Waals surface area contributed by atoms with Crippen LogP contribution in [0.25, 0.3) is 11.3 Å². The summed E-state index contributed by atoms with van der Waals surface area (Å²) in [6, 6.07) is 11.9. The smallest absolute Gasteiger partial charge is 0.292 e. The van der Waals surface area contributed by atoms with E-state index in [4.69, 9.17) is 16.0 Å². The Hall–Kier alpha value is -2.58. The summed E-state index contributed by atoms with van der Waals surface area (Å²) in [5.74, 6) is 0.764. The van der Waals surface area contributed by atoms with Gasteiger partial charge in [-0.15, -0.1) is 0 Å². The Morgan fingerprint density at radius 1 is 1.29 bits per heavy atom. The van der Waals surface area contributed by atoms with E-state index in [2.05, 4.69) is 10.4 Å². The summed E-state index contributed by atoms with van der Waals surface area (Å²) in [7, 11) is -3.07. The van der Waals surface area contributed by atoms with Crippen molar-refractivity contribution in [3.05, 3.63) is 58.9 Å². The molecule has 1 saturated heterocycles. The predicted molar refractivity (Wildman–Crippen MR) is 106 cm³/mol. The highest BCUT2D eigenvalue weighted by molar-refractivity contribution is 7.91. The molecule has 0 spiro atoms. The number of hydrogen-bond acceptors (Lipinski definition) is 5. The molecule has 1 fully saturated rings. The zero-order valence-corrected chi connectivity index (χ0v) is 16.6. The normalized spacial score (nSPS) is 18.3. The molecule has 2 aromatic heterocycles. The molecule has 7 nitrogen and oxygen atoms in total. The van der Waals surface area contributed by atoms with Gasteiger partial charge in [-0.3, -0.25) is 4.79 Å². The monoisotopic (exact) mass is 419 g/mol. The van der Waals surface area contributed by atoms with E-state index in [9.17, 15) is 13.2 Å². The molecule has 28 heavy (non-hydrogen) atoms. The number of anilines is 1. The van der Waals surface area contributed by atoms with Gasteiger partial charge in [0.1, 0.15) is 11.6 Å². The topological polar surface area (TPSA) is 94.2 Å². The van der Waals surface area contributed by atoms with Gasteiger partial charge in [-0.05, 0) is 37.6 Å². The zero-order chi connectivity index (χ0) is 19.9. The van der Waals surface area contributed by atoms with Crippen molar-refractivity contribution < 1.29 is 17.6 Å². The van der Waals surface area contributed by atoms with Crippen molar-refractivity contribution in [3.63, 3.8) is 0 Å². The second-order valence-corrected chi connectivity index (χ2v) is 9.41. The highest BCUT2D eigenvalue weighted by Crippen LogP contribution is 2.30. The quantitative estimate of drug-likeness (QED) is 0.695. The molecule has 0 saturated carbocycles. The van der Waals surface area contributed by atoms with Crippen LogP contribution in [0.2, 0.25) is 5.02 Å². The Bertz CT molecular complexity index is 1150. The van der Waals surface area contributed by atoms with E-state index in [1.807, 2.05) is 18.2 Å². The average Bonchev–Trinajstić information content (AvgIpc) is 3.34. The van der Waals surface area contributed by atoms with Crippen molar-refractivity contribution >= 4 is 33.2 Å². The van der Waals surface area contributed by atoms with Crippen LogP contribution in [0.4, 0.5) is 5.82 Å². The summed E-state index contributed by atoms with van der Waals surface area (Å²) in [4.78, 5) is 12.7. The standard InChI is InChI=1S/C19H18ClN3O4S/c1-12-10-18(23(22-12)13-8-9-28(25,26)11-13)21-19(24)17-7-6-16(27-17)14-4-2-3-5-15(14)20/h2-7,10,13H,8-9,11H2,1H3,(H,21,24)/t13-/m0/s1. The number of aryl methyl sites for hydroxylation is 1. The van der Waals surface area contributed by atoms with Gasteiger partial charge in [0.25, 0.3) is 5.91 Å². The van der Waals surface area contributed by atoms with E-state index in [0.29, 0.717) is 34.3 Å². The van der Waals surface area contributed by atoms with Gasteiger partial charge in [0, 0.05) is 11.6 Å². The number of carbonyl (C=O) groups excluding carboxylic acids is 1. The molecular weight excluding hydrogens is 402 g/mol. The third-order valence-corrected chi connectivity index (χ3v) is 6.70. The summed E-state index contributed by atoms with van der Waals surface area (Å²) in [5.41, 5.74) is 1.39. The molecular formula is C19H18ClN3O4S. The maximum absolute atomic E-state index is 12.7. The Labute approximate surface area is 167 Å². The van der Waals surface area contributed by atoms with Crippen LogP contribution in [-0.4, -0.2) is 35.6 Å². The number of furan rings is 1. The highest BCUT2D eigenvalue weighted by Gasteiger charge is 2.31. The van der Waals surface area contributed by atoms with Gasteiger partial charge in [-0.1, -0.05) is 23.7 Å². The fourth-order valence-electron chi connectivity index (χ4n) is 3.30. The molecule has 9 heteroatoms. The number of hydrogen-bond donors (Lipinski definition) is 1. The van der Waals surface area contributed by atoms with Crippen molar-refractivity contribution in [1.29, 1.82) is 0 Å². The first-order valence-electron chi connectivity index (χ1n) is 8.75. The van der Waals surface area contributed by atoms with Crippen molar-refractivity contribution in [2.24, 2.45) is 0 Å². The van der Waals surface area contributed by atoms with Crippen LogP contribution in [0, 0.1) is 6.92 Å². The first kappa shape index (κ1) is 18.8. The van der Waals surface area contributed by atoms with Crippen LogP contribution >= 0.6 is 11.6 Å². The van der Waals surface area contributed by atoms with Crippen LogP contribution in [0.3, 0.4) is 0 Å². The van der Waals surface area contributed by atoms with E-state index >= 15 is 0 Å². The van der Waals surface area contributed by atoms with Crippen LogP contribution in [-0.2, 0) is 9.84 Å². The molecule has 0 bridgehead atoms. The van der Waals surface area contributed by atoms with Gasteiger partial charge < -0.3 is 9.73 Å². The van der Waals surface area contributed by atoms with E-state index < -0.39 is 15.7 Å². The van der Waals surface area contributed by atoms with Gasteiger partial charge in [0.15, 0.2) is 15.6 Å². The lowest BCUT2D eigenvalue weighted by atomic mass is 10.2. The summed E-state index contributed by atoms with van der Waals surface area (Å²) in [6.45, 7) is 1.79. The maximum Gasteiger partial charge on any atom is 0.292 e. The van der Waals surface area contributed by atoms with E-state index in [1.54, 1.807) is 35.9 Å². The van der Waals surface area contributed by atoms with Crippen LogP contribution in [0.15, 0.2) is 46.9 Å². The first-order valence-corrected chi connectivity index (χ1v) is 10.9. The number of carbonyl (C=O) groups is 1. The first-order chi connectivity index (χ1) is 13.3. The number of halogens is 1. The lowest BCUT2D eigenvalue weighted by Gasteiger charge is -2.13. The molecule has 3 aromatic rings. The lowest BCUT2D eigenvalue weighted by molar-refractivity contribution is 0.0996. The fourth-order valence-corrected chi connectivity index (χ4v) is 5.22. The molecule has 1 aromatic carbocycles. The molecule has 0 radical (unpaired) electrons. The number of amides is 1. The van der Waals surface area contributed by atoms with E-state index in [0.717, 1.165) is 0 Å². The summed E-state index contributed by atoms with van der Waals surface area (Å²) in [6.07, 6.45) is 0.476. The number of aromatic nitrogens is 2. The largest absolute Gasteiger partial charge is 0.451 e. The number of sulfone groups is 1. The minimum Gasteiger partial charge on any atom is -0.451 e. The zero-order valence-electron chi connectivity index (χ0n) is 15.1. The minimum absolute atomic E-state index is 0.0222. The SMILES string of the molecule is Cc1cc(NC(=O)c2ccc(-c3ccccc3Cl)o2)n([C@H]2CCS(=O)(=O)C2)n1. The third kappa shape index (κ3) is 3.70. The summed E-state index contributed by atoms with van der Waals surface area (Å²) < 4.78 is 30.8. The van der Waals surface area contributed by atoms with Crippen LogP contribution < -0.4 is 5.32 Å². The lowest BCUT2D eigenvalue weighted by Crippen LogP contribution is -2.19. The molecule has 4 rings (SSSR count). The number of nitrogens with zero attached hydrogens (tertiary/aromatic N) is 2. The second-order valence-electron chi connectivity index (χ2n) is 6.77. The van der Waals surface area contributed by atoms with Gasteiger partial charge >= 0.3 is 0 Å². The van der Waals surface area contributed by atoms with Crippen molar-refractivity contribution in [2.75, 3.05) is 16.8 Å².